The van der Waals surface area contributed by atoms with Crippen LogP contribution in [0.1, 0.15) is 22.5 Å². The maximum Gasteiger partial charge on any atom is 0.287 e. The summed E-state index contributed by atoms with van der Waals surface area (Å²) in [5.41, 5.74) is 1.09. The quantitative estimate of drug-likeness (QED) is 0.575. The molecule has 2 fully saturated rings. The predicted octanol–water partition coefficient (Wildman–Crippen LogP) is 1.29. The molecule has 170 valence electrons. The largest absolute Gasteiger partial charge is 0.438 e. The summed E-state index contributed by atoms with van der Waals surface area (Å²) in [6.07, 6.45) is 1.58. The maximum atomic E-state index is 13.0. The number of nitrogens with one attached hydrogen (secondary N) is 2. The molecule has 2 aliphatic heterocycles. The van der Waals surface area contributed by atoms with Gasteiger partial charge in [0.15, 0.2) is 5.76 Å². The molecule has 2 aliphatic rings. The van der Waals surface area contributed by atoms with E-state index >= 15 is 0 Å². The smallest absolute Gasteiger partial charge is 0.287 e. The number of benzene rings is 1. The molecule has 2 amide bonds. The molecule has 1 aromatic carbocycles. The van der Waals surface area contributed by atoms with Crippen LogP contribution in [0.15, 0.2) is 64.6 Å². The predicted molar refractivity (Wildman–Crippen MR) is 115 cm³/mol. The highest BCUT2D eigenvalue weighted by atomic mass is 32.2. The van der Waals surface area contributed by atoms with Crippen LogP contribution in [0.5, 0.6) is 0 Å². The summed E-state index contributed by atoms with van der Waals surface area (Å²) in [5.74, 6) is -0.885. The minimum absolute atomic E-state index is 0.0318. The van der Waals surface area contributed by atoms with Gasteiger partial charge in [-0.25, -0.2) is 8.42 Å². The average molecular weight is 460 g/mol. The number of nitrogens with zero attached hydrogens (tertiary/aromatic N) is 1. The van der Waals surface area contributed by atoms with Gasteiger partial charge >= 0.3 is 0 Å². The number of carbonyl (C=O) groups excluding carboxylic acids is 2. The Morgan fingerprint density at radius 1 is 1.16 bits per heavy atom. The number of sulfonamides is 1. The molecular weight excluding hydrogens is 434 g/mol. The van der Waals surface area contributed by atoms with Gasteiger partial charge in [0.1, 0.15) is 6.23 Å². The highest BCUT2D eigenvalue weighted by molar-refractivity contribution is 7.89. The SMILES string of the molecule is C=CC(=O)NC1CC2CN(S(=O)(=O)c3ccc(C(=O)NCCc4ccccc4)o3)CC2O1. The van der Waals surface area contributed by atoms with E-state index in [1.807, 2.05) is 30.3 Å². The van der Waals surface area contributed by atoms with Gasteiger partial charge in [-0.2, -0.15) is 4.31 Å². The fraction of sp³-hybridized carbons (Fsp3) is 0.364. The van der Waals surface area contributed by atoms with E-state index in [0.29, 0.717) is 19.4 Å². The molecule has 1 aromatic heterocycles. The van der Waals surface area contributed by atoms with E-state index in [4.69, 9.17) is 9.15 Å². The molecule has 0 spiro atoms. The molecule has 4 rings (SSSR count). The van der Waals surface area contributed by atoms with Crippen LogP contribution in [0.3, 0.4) is 0 Å². The average Bonchev–Trinajstić information content (AvgIpc) is 3.50. The molecule has 0 bridgehead atoms. The third kappa shape index (κ3) is 4.77. The summed E-state index contributed by atoms with van der Waals surface area (Å²) in [6.45, 7) is 4.22. The number of fused-ring (bicyclic) bond motifs is 1. The molecule has 9 nitrogen and oxygen atoms in total. The van der Waals surface area contributed by atoms with Crippen molar-refractivity contribution in [2.75, 3.05) is 19.6 Å². The van der Waals surface area contributed by atoms with E-state index in [1.165, 1.54) is 22.5 Å². The van der Waals surface area contributed by atoms with Gasteiger partial charge < -0.3 is 19.8 Å². The molecular formula is C22H25N3O6S. The Labute approximate surface area is 186 Å². The van der Waals surface area contributed by atoms with Gasteiger partial charge in [-0.3, -0.25) is 9.59 Å². The minimum Gasteiger partial charge on any atom is -0.438 e. The van der Waals surface area contributed by atoms with Crippen molar-refractivity contribution in [1.82, 2.24) is 14.9 Å². The lowest BCUT2D eigenvalue weighted by atomic mass is 10.1. The Hall–Kier alpha value is -2.95. The van der Waals surface area contributed by atoms with Gasteiger partial charge in [0.25, 0.3) is 15.9 Å². The van der Waals surface area contributed by atoms with Crippen LogP contribution in [0, 0.1) is 5.92 Å². The van der Waals surface area contributed by atoms with E-state index in [1.54, 1.807) is 0 Å². The Bertz CT molecular complexity index is 1080. The second kappa shape index (κ2) is 9.27. The molecule has 3 unspecified atom stereocenters. The van der Waals surface area contributed by atoms with Crippen LogP contribution in [0.25, 0.3) is 0 Å². The number of rotatable bonds is 8. The number of ether oxygens (including phenoxy) is 1. The van der Waals surface area contributed by atoms with Crippen LogP contribution >= 0.6 is 0 Å². The lowest BCUT2D eigenvalue weighted by molar-refractivity contribution is -0.120. The topological polar surface area (TPSA) is 118 Å². The summed E-state index contributed by atoms with van der Waals surface area (Å²) in [7, 11) is -3.90. The first kappa shape index (κ1) is 22.3. The van der Waals surface area contributed by atoms with Crippen LogP contribution in [0.4, 0.5) is 0 Å². The van der Waals surface area contributed by atoms with E-state index in [9.17, 15) is 18.0 Å². The lowest BCUT2D eigenvalue weighted by Gasteiger charge is -2.18. The van der Waals surface area contributed by atoms with E-state index in [2.05, 4.69) is 17.2 Å². The van der Waals surface area contributed by atoms with Crippen LogP contribution in [0.2, 0.25) is 0 Å². The molecule has 3 heterocycles. The van der Waals surface area contributed by atoms with Crippen molar-refractivity contribution in [3.05, 3.63) is 66.4 Å². The van der Waals surface area contributed by atoms with Gasteiger partial charge in [-0.15, -0.1) is 0 Å². The zero-order valence-corrected chi connectivity index (χ0v) is 18.2. The summed E-state index contributed by atoms with van der Waals surface area (Å²) in [4.78, 5) is 23.8. The highest BCUT2D eigenvalue weighted by Gasteiger charge is 2.47. The van der Waals surface area contributed by atoms with Crippen LogP contribution in [-0.2, 0) is 26.0 Å². The van der Waals surface area contributed by atoms with E-state index < -0.39 is 22.2 Å². The zero-order chi connectivity index (χ0) is 22.7. The van der Waals surface area contributed by atoms with Crippen molar-refractivity contribution in [2.45, 2.75) is 30.3 Å². The van der Waals surface area contributed by atoms with Crippen molar-refractivity contribution in [3.8, 4) is 0 Å². The second-order valence-electron chi connectivity index (χ2n) is 7.80. The molecule has 2 N–H and O–H groups in total. The number of furan rings is 1. The molecule has 32 heavy (non-hydrogen) atoms. The number of hydrogen-bond donors (Lipinski definition) is 2. The van der Waals surface area contributed by atoms with Crippen molar-refractivity contribution in [3.63, 3.8) is 0 Å². The summed E-state index contributed by atoms with van der Waals surface area (Å²) in [5, 5.41) is 5.14. The molecule has 0 aliphatic carbocycles. The number of carbonyl (C=O) groups is 2. The van der Waals surface area contributed by atoms with Crippen LogP contribution in [-0.4, -0.2) is 56.5 Å². The molecule has 2 saturated heterocycles. The third-order valence-electron chi connectivity index (χ3n) is 5.63. The molecule has 0 radical (unpaired) electrons. The fourth-order valence-corrected chi connectivity index (χ4v) is 5.41. The number of hydrogen-bond acceptors (Lipinski definition) is 6. The lowest BCUT2D eigenvalue weighted by Crippen LogP contribution is -2.37. The molecule has 2 aromatic rings. The van der Waals surface area contributed by atoms with Crippen molar-refractivity contribution in [2.24, 2.45) is 5.92 Å². The fourth-order valence-electron chi connectivity index (χ4n) is 3.99. The Kier molecular flexibility index (Phi) is 6.45. The van der Waals surface area contributed by atoms with Crippen molar-refractivity contribution < 1.29 is 27.2 Å². The van der Waals surface area contributed by atoms with Gasteiger partial charge in [0, 0.05) is 25.6 Å². The first-order valence-electron chi connectivity index (χ1n) is 10.4. The van der Waals surface area contributed by atoms with E-state index in [0.717, 1.165) is 5.56 Å². The van der Waals surface area contributed by atoms with Crippen molar-refractivity contribution in [1.29, 1.82) is 0 Å². The summed E-state index contributed by atoms with van der Waals surface area (Å²) in [6, 6.07) is 12.4. The Morgan fingerprint density at radius 3 is 2.66 bits per heavy atom. The van der Waals surface area contributed by atoms with Crippen LogP contribution < -0.4 is 10.6 Å². The van der Waals surface area contributed by atoms with E-state index in [-0.39, 0.29) is 41.9 Å². The summed E-state index contributed by atoms with van der Waals surface area (Å²) < 4.78 is 38.4. The zero-order valence-electron chi connectivity index (χ0n) is 17.4. The number of amides is 2. The molecule has 0 saturated carbocycles. The standard InChI is InChI=1S/C22H25N3O6S/c1-2-19(26)24-20-12-16-13-25(14-18(16)30-20)32(28,29)21-9-8-17(31-21)22(27)23-11-10-15-6-4-3-5-7-15/h2-9,16,18,20H,1,10-14H2,(H,23,27)(H,24,26). The van der Waals surface area contributed by atoms with Gasteiger partial charge in [0.05, 0.1) is 6.10 Å². The van der Waals surface area contributed by atoms with Gasteiger partial charge in [-0.05, 0) is 36.6 Å². The highest BCUT2D eigenvalue weighted by Crippen LogP contribution is 2.35. The van der Waals surface area contributed by atoms with Gasteiger partial charge in [-0.1, -0.05) is 36.9 Å². The monoisotopic (exact) mass is 459 g/mol. The summed E-state index contributed by atoms with van der Waals surface area (Å²) >= 11 is 0. The first-order chi connectivity index (χ1) is 15.4. The molecule has 3 atom stereocenters. The second-order valence-corrected chi connectivity index (χ2v) is 9.67. The Morgan fingerprint density at radius 2 is 1.94 bits per heavy atom. The maximum absolute atomic E-state index is 13.0. The molecule has 10 heteroatoms. The van der Waals surface area contributed by atoms with Crippen molar-refractivity contribution >= 4 is 21.8 Å². The normalized spacial score (nSPS) is 22.9. The van der Waals surface area contributed by atoms with Gasteiger partial charge in [0.2, 0.25) is 11.0 Å². The Balaban J connectivity index is 1.32. The third-order valence-corrected chi connectivity index (χ3v) is 7.34. The minimum atomic E-state index is -3.90. The first-order valence-corrected chi connectivity index (χ1v) is 11.8.